The highest BCUT2D eigenvalue weighted by molar-refractivity contribution is 8.00. The molecule has 1 aliphatic heterocycles. The van der Waals surface area contributed by atoms with E-state index >= 15 is 0 Å². The third kappa shape index (κ3) is 4.25. The fourth-order valence-corrected chi connectivity index (χ4v) is 4.07. The van der Waals surface area contributed by atoms with Gasteiger partial charge in [-0.2, -0.15) is 5.26 Å². The predicted octanol–water partition coefficient (Wildman–Crippen LogP) is 3.43. The quantitative estimate of drug-likeness (QED) is 0.729. The summed E-state index contributed by atoms with van der Waals surface area (Å²) in [5.74, 6) is 1.01. The molecule has 1 aliphatic rings. The molecule has 3 rings (SSSR count). The highest BCUT2D eigenvalue weighted by Crippen LogP contribution is 2.27. The van der Waals surface area contributed by atoms with Gasteiger partial charge in [0, 0.05) is 25.2 Å². The molecule has 0 saturated carbocycles. The number of fused-ring (bicyclic) bond motifs is 1. The Morgan fingerprint density at radius 2 is 2.12 bits per heavy atom. The Kier molecular flexibility index (Phi) is 6.29. The predicted molar refractivity (Wildman–Crippen MR) is 102 cm³/mol. The number of nitrogens with zero attached hydrogens (tertiary/aromatic N) is 5. The normalized spacial score (nSPS) is 14.8. The monoisotopic (exact) mass is 369 g/mol. The van der Waals surface area contributed by atoms with Gasteiger partial charge in [-0.15, -0.1) is 10.2 Å². The van der Waals surface area contributed by atoms with Crippen molar-refractivity contribution in [1.82, 2.24) is 14.8 Å². The van der Waals surface area contributed by atoms with Crippen molar-refractivity contribution < 1.29 is 4.79 Å². The van der Waals surface area contributed by atoms with E-state index in [2.05, 4.69) is 20.8 Å². The number of anilines is 1. The molecule has 0 N–H and O–H groups in total. The Bertz CT molecular complexity index is 783. The van der Waals surface area contributed by atoms with Gasteiger partial charge >= 0.3 is 0 Å². The summed E-state index contributed by atoms with van der Waals surface area (Å²) in [5, 5.41) is 18.1. The highest BCUT2D eigenvalue weighted by Gasteiger charge is 2.25. The summed E-state index contributed by atoms with van der Waals surface area (Å²) in [6.45, 7) is 3.21. The van der Waals surface area contributed by atoms with E-state index in [9.17, 15) is 4.79 Å². The zero-order valence-electron chi connectivity index (χ0n) is 15.0. The molecule has 0 saturated heterocycles. The van der Waals surface area contributed by atoms with E-state index in [1.54, 1.807) is 4.90 Å². The summed E-state index contributed by atoms with van der Waals surface area (Å²) < 4.78 is 2.16. The summed E-state index contributed by atoms with van der Waals surface area (Å²) in [6.07, 6.45) is 4.73. The number of carbonyl (C=O) groups excluding carboxylic acids is 1. The molecule has 2 aromatic rings. The Morgan fingerprint density at radius 1 is 1.31 bits per heavy atom. The Balaban J connectivity index is 1.75. The zero-order valence-corrected chi connectivity index (χ0v) is 15.8. The highest BCUT2D eigenvalue weighted by atomic mass is 32.2. The fourth-order valence-electron chi connectivity index (χ4n) is 3.11. The van der Waals surface area contributed by atoms with Gasteiger partial charge in [0.15, 0.2) is 5.16 Å². The SMILES string of the molecule is CC(Sc1nnc2n1CCCCC2)C(=O)N(CCC#N)c1ccccc1. The second kappa shape index (κ2) is 8.86. The second-order valence-corrected chi connectivity index (χ2v) is 7.66. The Labute approximate surface area is 158 Å². The number of para-hydroxylation sites is 1. The van der Waals surface area contributed by atoms with Crippen LogP contribution in [-0.2, 0) is 17.8 Å². The van der Waals surface area contributed by atoms with Crippen LogP contribution < -0.4 is 4.90 Å². The largest absolute Gasteiger partial charge is 0.310 e. The molecule has 6 nitrogen and oxygen atoms in total. The van der Waals surface area contributed by atoms with Gasteiger partial charge in [0.1, 0.15) is 5.82 Å². The molecule has 0 bridgehead atoms. The van der Waals surface area contributed by atoms with Gasteiger partial charge < -0.3 is 9.47 Å². The van der Waals surface area contributed by atoms with E-state index in [-0.39, 0.29) is 11.2 Å². The summed E-state index contributed by atoms with van der Waals surface area (Å²) in [6, 6.07) is 11.6. The van der Waals surface area contributed by atoms with Gasteiger partial charge in [0.25, 0.3) is 0 Å². The number of aromatic nitrogens is 3. The Morgan fingerprint density at radius 3 is 2.88 bits per heavy atom. The van der Waals surface area contributed by atoms with E-state index in [0.29, 0.717) is 13.0 Å². The minimum Gasteiger partial charge on any atom is -0.310 e. The molecule has 0 aliphatic carbocycles. The minimum atomic E-state index is -0.301. The lowest BCUT2D eigenvalue weighted by atomic mass is 10.2. The average molecular weight is 369 g/mol. The van der Waals surface area contributed by atoms with Gasteiger partial charge in [0.2, 0.25) is 5.91 Å². The third-order valence-electron chi connectivity index (χ3n) is 4.49. The summed E-state index contributed by atoms with van der Waals surface area (Å²) in [4.78, 5) is 14.7. The maximum Gasteiger partial charge on any atom is 0.240 e. The zero-order chi connectivity index (χ0) is 18.4. The molecule has 1 atom stereocenters. The van der Waals surface area contributed by atoms with Crippen molar-refractivity contribution in [2.24, 2.45) is 0 Å². The number of amides is 1. The van der Waals surface area contributed by atoms with Gasteiger partial charge in [-0.25, -0.2) is 0 Å². The smallest absolute Gasteiger partial charge is 0.240 e. The van der Waals surface area contributed by atoms with Crippen LogP contribution in [0.3, 0.4) is 0 Å². The number of aryl methyl sites for hydroxylation is 1. The van der Waals surface area contributed by atoms with Crippen LogP contribution >= 0.6 is 11.8 Å². The van der Waals surface area contributed by atoms with E-state index in [1.807, 2.05) is 37.3 Å². The van der Waals surface area contributed by atoms with Crippen LogP contribution in [0.25, 0.3) is 0 Å². The summed E-state index contributed by atoms with van der Waals surface area (Å²) in [5.41, 5.74) is 0.820. The molecule has 136 valence electrons. The van der Waals surface area contributed by atoms with E-state index < -0.39 is 0 Å². The number of hydrogen-bond donors (Lipinski definition) is 0. The number of benzene rings is 1. The number of rotatable bonds is 6. The number of carbonyl (C=O) groups is 1. The van der Waals surface area contributed by atoms with Crippen LogP contribution in [0.5, 0.6) is 0 Å². The topological polar surface area (TPSA) is 74.8 Å². The van der Waals surface area contributed by atoms with Crippen molar-refractivity contribution in [2.75, 3.05) is 11.4 Å². The van der Waals surface area contributed by atoms with Crippen molar-refractivity contribution in [3.8, 4) is 6.07 Å². The van der Waals surface area contributed by atoms with E-state index in [1.165, 1.54) is 18.2 Å². The van der Waals surface area contributed by atoms with Gasteiger partial charge in [-0.05, 0) is 31.9 Å². The van der Waals surface area contributed by atoms with Crippen LogP contribution in [0.15, 0.2) is 35.5 Å². The lowest BCUT2D eigenvalue weighted by molar-refractivity contribution is -0.117. The van der Waals surface area contributed by atoms with Gasteiger partial charge in [-0.3, -0.25) is 4.79 Å². The standard InChI is InChI=1S/C19H23N5OS/c1-15(26-19-22-21-17-11-6-3-7-13-24(17)19)18(25)23(14-8-12-20)16-9-4-2-5-10-16/h2,4-5,9-10,15H,3,6-8,11,13-14H2,1H3. The van der Waals surface area contributed by atoms with Crippen LogP contribution in [-0.4, -0.2) is 32.5 Å². The Hall–Kier alpha value is -2.33. The maximum absolute atomic E-state index is 13.0. The molecule has 1 aromatic heterocycles. The van der Waals surface area contributed by atoms with Crippen molar-refractivity contribution in [3.63, 3.8) is 0 Å². The van der Waals surface area contributed by atoms with Gasteiger partial charge in [-0.1, -0.05) is 36.4 Å². The molecule has 1 amide bonds. The van der Waals surface area contributed by atoms with Crippen molar-refractivity contribution in [2.45, 2.75) is 56.0 Å². The van der Waals surface area contributed by atoms with Crippen LogP contribution in [0.2, 0.25) is 0 Å². The molecular weight excluding hydrogens is 346 g/mol. The molecule has 26 heavy (non-hydrogen) atoms. The van der Waals surface area contributed by atoms with Crippen LogP contribution in [0.4, 0.5) is 5.69 Å². The summed E-state index contributed by atoms with van der Waals surface area (Å²) in [7, 11) is 0. The van der Waals surface area contributed by atoms with E-state index in [4.69, 9.17) is 5.26 Å². The third-order valence-corrected chi connectivity index (χ3v) is 5.55. The van der Waals surface area contributed by atoms with Crippen molar-refractivity contribution >= 4 is 23.4 Å². The first-order valence-electron chi connectivity index (χ1n) is 9.03. The fraction of sp³-hybridized carbons (Fsp3) is 0.474. The molecule has 1 aromatic carbocycles. The lowest BCUT2D eigenvalue weighted by Gasteiger charge is -2.24. The molecule has 0 radical (unpaired) electrons. The summed E-state index contributed by atoms with van der Waals surface area (Å²) >= 11 is 1.45. The van der Waals surface area contributed by atoms with E-state index in [0.717, 1.165) is 42.5 Å². The van der Waals surface area contributed by atoms with Crippen LogP contribution in [0.1, 0.15) is 38.4 Å². The first kappa shape index (κ1) is 18.5. The molecule has 0 spiro atoms. The van der Waals surface area contributed by atoms with Gasteiger partial charge in [0.05, 0.1) is 17.7 Å². The molecular formula is C19H23N5OS. The molecule has 2 heterocycles. The number of hydrogen-bond acceptors (Lipinski definition) is 5. The average Bonchev–Trinajstić information content (AvgIpc) is 2.89. The molecule has 1 unspecified atom stereocenters. The number of thioether (sulfide) groups is 1. The lowest BCUT2D eigenvalue weighted by Crippen LogP contribution is -2.37. The second-order valence-electron chi connectivity index (χ2n) is 6.35. The van der Waals surface area contributed by atoms with Crippen molar-refractivity contribution in [1.29, 1.82) is 5.26 Å². The maximum atomic E-state index is 13.0. The van der Waals surface area contributed by atoms with Crippen LogP contribution in [0, 0.1) is 11.3 Å². The minimum absolute atomic E-state index is 0.0116. The molecule has 0 fully saturated rings. The first-order valence-corrected chi connectivity index (χ1v) is 9.91. The van der Waals surface area contributed by atoms with Crippen molar-refractivity contribution in [3.05, 3.63) is 36.2 Å². The number of nitriles is 1. The molecule has 7 heteroatoms. The first-order chi connectivity index (χ1) is 12.7.